The van der Waals surface area contributed by atoms with Crippen LogP contribution in [0.5, 0.6) is 0 Å². The lowest BCUT2D eigenvalue weighted by atomic mass is 9.86. The van der Waals surface area contributed by atoms with E-state index in [1.165, 1.54) is 17.2 Å². The number of guanidine groups is 1. The number of nitrogens with two attached hydrogens (primary N) is 1. The van der Waals surface area contributed by atoms with E-state index in [0.29, 0.717) is 0 Å². The SMILES string of the molecule is [C-]#[N+]c1cnc(C(=O)Cc2cccc(C3(C)CC(=O)N(C)C(N)=N3)c2)c(Cl)c1. The molecule has 0 aliphatic carbocycles. The fourth-order valence-electron chi connectivity index (χ4n) is 3.05. The number of hydrogen-bond donors (Lipinski definition) is 1. The van der Waals surface area contributed by atoms with Gasteiger partial charge < -0.3 is 5.73 Å². The number of nitrogens with zero attached hydrogens (tertiary/aromatic N) is 4. The first-order valence-corrected chi connectivity index (χ1v) is 8.89. The molecule has 2 heterocycles. The second-order valence-electron chi connectivity index (χ2n) is 6.81. The summed E-state index contributed by atoms with van der Waals surface area (Å²) in [5.74, 6) is -0.213. The van der Waals surface area contributed by atoms with Gasteiger partial charge >= 0.3 is 0 Å². The average molecular weight is 396 g/mol. The predicted molar refractivity (Wildman–Crippen MR) is 106 cm³/mol. The van der Waals surface area contributed by atoms with Crippen molar-refractivity contribution < 1.29 is 9.59 Å². The molecule has 1 aromatic heterocycles. The average Bonchev–Trinajstić information content (AvgIpc) is 2.66. The van der Waals surface area contributed by atoms with Crippen molar-refractivity contribution in [3.63, 3.8) is 0 Å². The fourth-order valence-corrected chi connectivity index (χ4v) is 3.32. The highest BCUT2D eigenvalue weighted by molar-refractivity contribution is 6.33. The van der Waals surface area contributed by atoms with Crippen LogP contribution >= 0.6 is 11.6 Å². The van der Waals surface area contributed by atoms with Crippen molar-refractivity contribution in [2.75, 3.05) is 7.05 Å². The Labute approximate surface area is 167 Å². The van der Waals surface area contributed by atoms with Gasteiger partial charge in [0.2, 0.25) is 11.6 Å². The van der Waals surface area contributed by atoms with E-state index in [9.17, 15) is 9.59 Å². The summed E-state index contributed by atoms with van der Waals surface area (Å²) in [6.07, 6.45) is 1.60. The molecule has 0 spiro atoms. The molecular formula is C20H18ClN5O2. The van der Waals surface area contributed by atoms with E-state index in [2.05, 4.69) is 14.8 Å². The van der Waals surface area contributed by atoms with Crippen molar-refractivity contribution in [3.05, 3.63) is 69.8 Å². The zero-order chi connectivity index (χ0) is 20.5. The Balaban J connectivity index is 1.87. The van der Waals surface area contributed by atoms with Gasteiger partial charge in [-0.3, -0.25) is 19.5 Å². The Kier molecular flexibility index (Phi) is 5.16. The number of hydrogen-bond acceptors (Lipinski definition) is 5. The topological polar surface area (TPSA) is 93.0 Å². The molecule has 1 aliphatic heterocycles. The van der Waals surface area contributed by atoms with Crippen LogP contribution in [0.4, 0.5) is 5.69 Å². The summed E-state index contributed by atoms with van der Waals surface area (Å²) in [7, 11) is 1.59. The predicted octanol–water partition coefficient (Wildman–Crippen LogP) is 3.10. The van der Waals surface area contributed by atoms with Crippen LogP contribution < -0.4 is 5.73 Å². The zero-order valence-corrected chi connectivity index (χ0v) is 16.2. The van der Waals surface area contributed by atoms with Crippen LogP contribution in [0.2, 0.25) is 5.02 Å². The number of halogens is 1. The van der Waals surface area contributed by atoms with Gasteiger partial charge in [0.25, 0.3) is 0 Å². The molecule has 0 saturated carbocycles. The van der Waals surface area contributed by atoms with Crippen LogP contribution in [0.15, 0.2) is 41.5 Å². The third-order valence-electron chi connectivity index (χ3n) is 4.71. The maximum atomic E-state index is 12.6. The lowest BCUT2D eigenvalue weighted by Crippen LogP contribution is -2.47. The summed E-state index contributed by atoms with van der Waals surface area (Å²) in [5.41, 5.74) is 7.03. The second kappa shape index (κ2) is 7.41. The van der Waals surface area contributed by atoms with Gasteiger partial charge in [0.1, 0.15) is 5.69 Å². The molecule has 7 nitrogen and oxygen atoms in total. The van der Waals surface area contributed by atoms with Gasteiger partial charge in [0.05, 0.1) is 23.6 Å². The molecule has 1 amide bonds. The first-order valence-electron chi connectivity index (χ1n) is 8.51. The molecule has 1 aromatic carbocycles. The largest absolute Gasteiger partial charge is 0.369 e. The number of carbonyl (C=O) groups excluding carboxylic acids is 2. The van der Waals surface area contributed by atoms with E-state index in [0.717, 1.165) is 11.1 Å². The Morgan fingerprint density at radius 3 is 2.82 bits per heavy atom. The van der Waals surface area contributed by atoms with Crippen LogP contribution in [0.3, 0.4) is 0 Å². The van der Waals surface area contributed by atoms with E-state index >= 15 is 0 Å². The van der Waals surface area contributed by atoms with E-state index < -0.39 is 5.54 Å². The summed E-state index contributed by atoms with van der Waals surface area (Å²) in [6.45, 7) is 8.81. The summed E-state index contributed by atoms with van der Waals surface area (Å²) in [4.78, 5) is 37.9. The summed E-state index contributed by atoms with van der Waals surface area (Å²) in [6, 6.07) is 8.76. The lowest BCUT2D eigenvalue weighted by molar-refractivity contribution is -0.128. The van der Waals surface area contributed by atoms with Crippen molar-refractivity contribution in [1.82, 2.24) is 9.88 Å². The molecule has 28 heavy (non-hydrogen) atoms. The van der Waals surface area contributed by atoms with E-state index in [4.69, 9.17) is 23.9 Å². The number of aromatic nitrogens is 1. The molecule has 1 aliphatic rings. The molecule has 2 aromatic rings. The normalized spacial score (nSPS) is 19.1. The molecule has 2 N–H and O–H groups in total. The van der Waals surface area contributed by atoms with E-state index in [-0.39, 0.29) is 46.9 Å². The highest BCUT2D eigenvalue weighted by Crippen LogP contribution is 2.33. The minimum Gasteiger partial charge on any atom is -0.369 e. The minimum absolute atomic E-state index is 0.0844. The van der Waals surface area contributed by atoms with Crippen LogP contribution in [-0.2, 0) is 16.8 Å². The van der Waals surface area contributed by atoms with Crippen molar-refractivity contribution in [3.8, 4) is 0 Å². The van der Waals surface area contributed by atoms with Gasteiger partial charge in [-0.25, -0.2) is 9.84 Å². The van der Waals surface area contributed by atoms with Crippen molar-refractivity contribution >= 4 is 34.9 Å². The first-order chi connectivity index (χ1) is 13.2. The lowest BCUT2D eigenvalue weighted by Gasteiger charge is -2.33. The molecule has 0 bridgehead atoms. The number of carbonyl (C=O) groups is 2. The number of pyridine rings is 1. The van der Waals surface area contributed by atoms with Crippen LogP contribution in [0.1, 0.15) is 35.0 Å². The number of rotatable bonds is 4. The first kappa shape index (κ1) is 19.5. The number of aliphatic imine (C=N–C) groups is 1. The van der Waals surface area contributed by atoms with Gasteiger partial charge in [-0.05, 0) is 24.1 Å². The van der Waals surface area contributed by atoms with Gasteiger partial charge in [-0.2, -0.15) is 0 Å². The second-order valence-corrected chi connectivity index (χ2v) is 7.22. The molecule has 1 atom stereocenters. The Morgan fingerprint density at radius 2 is 2.18 bits per heavy atom. The number of benzene rings is 1. The number of Topliss-reactive ketones (excluding diaryl/α,β-unsaturated/α-hetero) is 1. The van der Waals surface area contributed by atoms with Gasteiger partial charge in [0, 0.05) is 19.7 Å². The quantitative estimate of drug-likeness (QED) is 0.635. The Bertz CT molecular complexity index is 1040. The third-order valence-corrected chi connectivity index (χ3v) is 5.00. The number of amides is 1. The Morgan fingerprint density at radius 1 is 1.43 bits per heavy atom. The summed E-state index contributed by atoms with van der Waals surface area (Å²) < 4.78 is 0. The molecule has 0 radical (unpaired) electrons. The van der Waals surface area contributed by atoms with E-state index in [1.807, 2.05) is 31.2 Å². The standard InChI is InChI=1S/C20H18ClN5O2/c1-20(10-17(28)26(3)19(22)25-20)13-6-4-5-12(7-13)8-16(27)18-15(21)9-14(23-2)11-24-18/h4-7,9,11H,8,10H2,1,3H3,(H2,22,25). The molecule has 8 heteroatoms. The van der Waals surface area contributed by atoms with Crippen molar-refractivity contribution in [2.45, 2.75) is 25.3 Å². The smallest absolute Gasteiger partial charge is 0.231 e. The molecule has 0 saturated heterocycles. The highest BCUT2D eigenvalue weighted by Gasteiger charge is 2.36. The van der Waals surface area contributed by atoms with Crippen LogP contribution in [0, 0.1) is 6.57 Å². The monoisotopic (exact) mass is 395 g/mol. The summed E-state index contributed by atoms with van der Waals surface area (Å²) >= 11 is 6.09. The third kappa shape index (κ3) is 3.73. The highest BCUT2D eigenvalue weighted by atomic mass is 35.5. The van der Waals surface area contributed by atoms with Gasteiger partial charge in [-0.1, -0.05) is 35.9 Å². The maximum Gasteiger partial charge on any atom is 0.231 e. The van der Waals surface area contributed by atoms with Crippen molar-refractivity contribution in [2.24, 2.45) is 10.7 Å². The molecule has 0 fully saturated rings. The van der Waals surface area contributed by atoms with Crippen LogP contribution in [-0.4, -0.2) is 34.6 Å². The maximum absolute atomic E-state index is 12.6. The van der Waals surface area contributed by atoms with Crippen LogP contribution in [0.25, 0.3) is 4.85 Å². The van der Waals surface area contributed by atoms with Gasteiger partial charge in [-0.15, -0.1) is 0 Å². The molecule has 1 unspecified atom stereocenters. The minimum atomic E-state index is -0.792. The van der Waals surface area contributed by atoms with Gasteiger partial charge in [0.15, 0.2) is 11.7 Å². The van der Waals surface area contributed by atoms with E-state index in [1.54, 1.807) is 7.05 Å². The Hall–Kier alpha value is -3.24. The van der Waals surface area contributed by atoms with Crippen molar-refractivity contribution in [1.29, 1.82) is 0 Å². The zero-order valence-electron chi connectivity index (χ0n) is 15.4. The molecule has 142 valence electrons. The number of ketones is 1. The fraction of sp³-hybridized carbons (Fsp3) is 0.250. The molecule has 3 rings (SSSR count). The summed E-state index contributed by atoms with van der Waals surface area (Å²) in [5, 5.41) is 0.153. The molecular weight excluding hydrogens is 378 g/mol.